The highest BCUT2D eigenvalue weighted by Crippen LogP contribution is 2.36. The molecule has 1 fully saturated rings. The first-order chi connectivity index (χ1) is 16.6. The molecule has 0 spiro atoms. The van der Waals surface area contributed by atoms with Gasteiger partial charge in [0.05, 0.1) is 23.4 Å². The van der Waals surface area contributed by atoms with Crippen LogP contribution in [0.3, 0.4) is 0 Å². The Labute approximate surface area is 212 Å². The molecule has 1 aliphatic heterocycles. The summed E-state index contributed by atoms with van der Waals surface area (Å²) in [5, 5.41) is 12.0. The van der Waals surface area contributed by atoms with Gasteiger partial charge < -0.3 is 19.1 Å². The van der Waals surface area contributed by atoms with Gasteiger partial charge in [0.15, 0.2) is 11.5 Å². The second kappa shape index (κ2) is 11.4. The van der Waals surface area contributed by atoms with Crippen molar-refractivity contribution in [3.05, 3.63) is 74.9 Å². The Balaban J connectivity index is 1.57. The van der Waals surface area contributed by atoms with Gasteiger partial charge in [0, 0.05) is 13.1 Å². The lowest BCUT2D eigenvalue weighted by Crippen LogP contribution is -2.41. The van der Waals surface area contributed by atoms with Crippen LogP contribution in [-0.4, -0.2) is 43.7 Å². The van der Waals surface area contributed by atoms with E-state index in [2.05, 4.69) is 52.9 Å². The number of amides is 1. The highest BCUT2D eigenvalue weighted by molar-refractivity contribution is 14.1. The largest absolute Gasteiger partial charge is 0.490 e. The summed E-state index contributed by atoms with van der Waals surface area (Å²) in [6, 6.07) is 20.2. The van der Waals surface area contributed by atoms with Crippen molar-refractivity contribution in [3.63, 3.8) is 0 Å². The van der Waals surface area contributed by atoms with E-state index in [1.54, 1.807) is 11.0 Å². The predicted octanol–water partition coefficient (Wildman–Crippen LogP) is 5.19. The van der Waals surface area contributed by atoms with Crippen molar-refractivity contribution in [1.29, 1.82) is 5.26 Å². The van der Waals surface area contributed by atoms with E-state index in [1.165, 1.54) is 5.39 Å². The molecule has 1 amide bonds. The molecule has 0 saturated carbocycles. The molecule has 0 N–H and O–H groups in total. The zero-order valence-corrected chi connectivity index (χ0v) is 21.1. The van der Waals surface area contributed by atoms with Gasteiger partial charge in [0.25, 0.3) is 5.91 Å². The van der Waals surface area contributed by atoms with Crippen LogP contribution in [0.2, 0.25) is 0 Å². The number of fused-ring (bicyclic) bond motifs is 1. The average molecular weight is 568 g/mol. The molecule has 7 heteroatoms. The Bertz CT molecular complexity index is 1260. The number of hydrogen-bond donors (Lipinski definition) is 0. The molecule has 0 unspecified atom stereocenters. The van der Waals surface area contributed by atoms with Gasteiger partial charge in [-0.2, -0.15) is 5.26 Å². The summed E-state index contributed by atoms with van der Waals surface area (Å²) in [7, 11) is 0. The van der Waals surface area contributed by atoms with Crippen LogP contribution in [0.5, 0.6) is 11.5 Å². The highest BCUT2D eigenvalue weighted by atomic mass is 127. The van der Waals surface area contributed by atoms with Crippen LogP contribution in [0.15, 0.2) is 60.2 Å². The fourth-order valence-electron chi connectivity index (χ4n) is 3.80. The van der Waals surface area contributed by atoms with Gasteiger partial charge in [-0.15, -0.1) is 0 Å². The van der Waals surface area contributed by atoms with Crippen molar-refractivity contribution < 1.29 is 19.0 Å². The summed E-state index contributed by atoms with van der Waals surface area (Å²) in [6.45, 7) is 4.72. The zero-order chi connectivity index (χ0) is 23.9. The molecular formula is C27H25IN2O4. The Morgan fingerprint density at radius 3 is 2.62 bits per heavy atom. The zero-order valence-electron chi connectivity index (χ0n) is 18.9. The maximum atomic E-state index is 12.8. The SMILES string of the molecule is CCOc1cc(/C=C(/C#N)C(=O)N2CCOCC2)cc(I)c1OCc1ccc2ccccc2c1. The van der Waals surface area contributed by atoms with Gasteiger partial charge in [-0.1, -0.05) is 36.4 Å². The van der Waals surface area contributed by atoms with Gasteiger partial charge in [0.1, 0.15) is 18.2 Å². The molecular weight excluding hydrogens is 543 g/mol. The van der Waals surface area contributed by atoms with E-state index in [-0.39, 0.29) is 11.5 Å². The van der Waals surface area contributed by atoms with E-state index in [0.717, 1.165) is 14.5 Å². The van der Waals surface area contributed by atoms with Gasteiger partial charge in [-0.3, -0.25) is 4.79 Å². The molecule has 4 rings (SSSR count). The van der Waals surface area contributed by atoms with E-state index in [4.69, 9.17) is 14.2 Å². The third-order valence-corrected chi connectivity index (χ3v) is 6.29. The lowest BCUT2D eigenvalue weighted by molar-refractivity contribution is -0.130. The van der Waals surface area contributed by atoms with Crippen LogP contribution in [-0.2, 0) is 16.1 Å². The van der Waals surface area contributed by atoms with E-state index >= 15 is 0 Å². The summed E-state index contributed by atoms with van der Waals surface area (Å²) >= 11 is 2.20. The second-order valence-electron chi connectivity index (χ2n) is 7.81. The summed E-state index contributed by atoms with van der Waals surface area (Å²) < 4.78 is 18.2. The van der Waals surface area contributed by atoms with Crippen molar-refractivity contribution in [3.8, 4) is 17.6 Å². The minimum atomic E-state index is -0.282. The fourth-order valence-corrected chi connectivity index (χ4v) is 4.58. The van der Waals surface area contributed by atoms with Crippen LogP contribution in [0.4, 0.5) is 0 Å². The first-order valence-corrected chi connectivity index (χ1v) is 12.2. The molecule has 174 valence electrons. The van der Waals surface area contributed by atoms with Gasteiger partial charge in [0.2, 0.25) is 0 Å². The number of carbonyl (C=O) groups is 1. The van der Waals surface area contributed by atoms with Crippen LogP contribution >= 0.6 is 22.6 Å². The Hall–Kier alpha value is -3.09. The summed E-state index contributed by atoms with van der Waals surface area (Å²) in [5.41, 5.74) is 1.86. The van der Waals surface area contributed by atoms with Gasteiger partial charge >= 0.3 is 0 Å². The standard InChI is InChI=1S/C27H25IN2O4/c1-2-33-25-16-20(14-23(17-29)27(31)30-9-11-32-12-10-30)15-24(28)26(25)34-18-19-7-8-21-5-3-4-6-22(21)13-19/h3-8,13-16H,2,9-12,18H2,1H3/b23-14-. The number of hydrogen-bond acceptors (Lipinski definition) is 5. The van der Waals surface area contributed by atoms with Crippen LogP contribution in [0.1, 0.15) is 18.1 Å². The van der Waals surface area contributed by atoms with Crippen LogP contribution in [0, 0.1) is 14.9 Å². The molecule has 1 heterocycles. The van der Waals surface area contributed by atoms with Crippen LogP contribution < -0.4 is 9.47 Å². The first kappa shape index (κ1) is 24.0. The molecule has 0 radical (unpaired) electrons. The number of ether oxygens (including phenoxy) is 3. The molecule has 3 aromatic rings. The minimum Gasteiger partial charge on any atom is -0.490 e. The summed E-state index contributed by atoms with van der Waals surface area (Å²) in [4.78, 5) is 14.4. The number of morpholine rings is 1. The van der Waals surface area contributed by atoms with Crippen molar-refractivity contribution >= 4 is 45.3 Å². The summed E-state index contributed by atoms with van der Waals surface area (Å²) in [6.07, 6.45) is 1.61. The molecule has 3 aromatic carbocycles. The van der Waals surface area contributed by atoms with Gasteiger partial charge in [-0.05, 0) is 75.7 Å². The monoisotopic (exact) mass is 568 g/mol. The molecule has 6 nitrogen and oxygen atoms in total. The van der Waals surface area contributed by atoms with Gasteiger partial charge in [-0.25, -0.2) is 0 Å². The minimum absolute atomic E-state index is 0.0879. The van der Waals surface area contributed by atoms with E-state index in [9.17, 15) is 10.1 Å². The third-order valence-electron chi connectivity index (χ3n) is 5.49. The first-order valence-electron chi connectivity index (χ1n) is 11.1. The van der Waals surface area contributed by atoms with Crippen molar-refractivity contribution in [2.24, 2.45) is 0 Å². The molecule has 1 aliphatic rings. The molecule has 0 aliphatic carbocycles. The third kappa shape index (κ3) is 5.69. The molecule has 0 aromatic heterocycles. The predicted molar refractivity (Wildman–Crippen MR) is 140 cm³/mol. The van der Waals surface area contributed by atoms with E-state index in [0.29, 0.717) is 56.6 Å². The number of rotatable bonds is 7. The fraction of sp³-hybridized carbons (Fsp3) is 0.259. The van der Waals surface area contributed by atoms with Crippen LogP contribution in [0.25, 0.3) is 16.8 Å². The Morgan fingerprint density at radius 2 is 1.88 bits per heavy atom. The smallest absolute Gasteiger partial charge is 0.264 e. The molecule has 34 heavy (non-hydrogen) atoms. The lowest BCUT2D eigenvalue weighted by Gasteiger charge is -2.26. The van der Waals surface area contributed by atoms with Crippen molar-refractivity contribution in [2.75, 3.05) is 32.9 Å². The lowest BCUT2D eigenvalue weighted by atomic mass is 10.1. The quantitative estimate of drug-likeness (QED) is 0.223. The number of halogens is 1. The maximum absolute atomic E-state index is 12.8. The average Bonchev–Trinajstić information content (AvgIpc) is 2.87. The normalized spacial score (nSPS) is 14.0. The molecule has 0 atom stereocenters. The number of nitriles is 1. The molecule has 0 bridgehead atoms. The van der Waals surface area contributed by atoms with Crippen molar-refractivity contribution in [2.45, 2.75) is 13.5 Å². The topological polar surface area (TPSA) is 71.8 Å². The number of carbonyl (C=O) groups excluding carboxylic acids is 1. The number of benzene rings is 3. The molecule has 1 saturated heterocycles. The van der Waals surface area contributed by atoms with Crippen molar-refractivity contribution in [1.82, 2.24) is 4.90 Å². The maximum Gasteiger partial charge on any atom is 0.264 e. The number of nitrogens with zero attached hydrogens (tertiary/aromatic N) is 2. The Kier molecular flexibility index (Phi) is 8.03. The Morgan fingerprint density at radius 1 is 1.12 bits per heavy atom. The second-order valence-corrected chi connectivity index (χ2v) is 8.97. The van der Waals surface area contributed by atoms with E-state index in [1.807, 2.05) is 37.3 Å². The summed E-state index contributed by atoms with van der Waals surface area (Å²) in [5.74, 6) is 0.943. The van der Waals surface area contributed by atoms with E-state index < -0.39 is 0 Å². The highest BCUT2D eigenvalue weighted by Gasteiger charge is 2.21.